The molecule has 4 rings (SSSR count). The summed E-state index contributed by atoms with van der Waals surface area (Å²) in [5, 5.41) is 5.22. The first-order chi connectivity index (χ1) is 12.1. The molecule has 4 atom stereocenters. The average molecular weight is 401 g/mol. The summed E-state index contributed by atoms with van der Waals surface area (Å²) in [7, 11) is 0. The van der Waals surface area contributed by atoms with Gasteiger partial charge < -0.3 is 4.74 Å². The molecule has 25 heavy (non-hydrogen) atoms. The van der Waals surface area contributed by atoms with Gasteiger partial charge in [0, 0.05) is 0 Å². The Morgan fingerprint density at radius 1 is 1.24 bits per heavy atom. The Morgan fingerprint density at radius 3 is 2.52 bits per heavy atom. The first-order valence-electron chi connectivity index (χ1n) is 8.23. The van der Waals surface area contributed by atoms with E-state index in [0.29, 0.717) is 12.4 Å². The molecule has 128 valence electrons. The van der Waals surface area contributed by atoms with Crippen LogP contribution in [0.3, 0.4) is 0 Å². The fourth-order valence-electron chi connectivity index (χ4n) is 3.99. The molecule has 1 aromatic carbocycles. The highest BCUT2D eigenvalue weighted by atomic mass is 79.9. The summed E-state index contributed by atoms with van der Waals surface area (Å²) in [4.78, 5) is 25.1. The lowest BCUT2D eigenvalue weighted by molar-refractivity contribution is -0.140. The van der Waals surface area contributed by atoms with E-state index in [-0.39, 0.29) is 35.5 Å². The molecular weight excluding hydrogens is 384 g/mol. The number of halogens is 1. The zero-order valence-corrected chi connectivity index (χ0v) is 15.1. The van der Waals surface area contributed by atoms with E-state index in [0.717, 1.165) is 21.5 Å². The summed E-state index contributed by atoms with van der Waals surface area (Å²) in [6, 6.07) is 5.46. The molecule has 1 saturated heterocycles. The molecule has 1 saturated carbocycles. The van der Waals surface area contributed by atoms with Gasteiger partial charge in [0.25, 0.3) is 11.8 Å². The van der Waals surface area contributed by atoms with Crippen LogP contribution in [0, 0.1) is 23.7 Å². The third-order valence-corrected chi connectivity index (χ3v) is 5.70. The number of allylic oxidation sites excluding steroid dienone is 2. The number of carbonyl (C=O) groups is 2. The van der Waals surface area contributed by atoms with Crippen molar-refractivity contribution in [2.24, 2.45) is 28.8 Å². The van der Waals surface area contributed by atoms with Crippen molar-refractivity contribution in [1.29, 1.82) is 0 Å². The quantitative estimate of drug-likeness (QED) is 0.433. The zero-order valence-electron chi connectivity index (χ0n) is 13.5. The predicted octanol–water partition coefficient (Wildman–Crippen LogP) is 3.15. The average Bonchev–Trinajstić information content (AvgIpc) is 3.27. The Bertz CT molecular complexity index is 787. The van der Waals surface area contributed by atoms with E-state index in [1.165, 1.54) is 6.21 Å². The number of rotatable bonds is 5. The lowest BCUT2D eigenvalue weighted by Crippen LogP contribution is -2.28. The highest BCUT2D eigenvalue weighted by molar-refractivity contribution is 9.10. The number of fused-ring (bicyclic) bond motifs is 5. The highest BCUT2D eigenvalue weighted by Gasteiger charge is 2.59. The Morgan fingerprint density at radius 2 is 1.92 bits per heavy atom. The Kier molecular flexibility index (Phi) is 4.07. The smallest absolute Gasteiger partial charge is 0.254 e. The van der Waals surface area contributed by atoms with Crippen molar-refractivity contribution in [3.8, 4) is 5.75 Å². The number of amides is 2. The Hall–Kier alpha value is -2.21. The second-order valence-corrected chi connectivity index (χ2v) is 7.38. The van der Waals surface area contributed by atoms with Crippen LogP contribution in [0.4, 0.5) is 0 Å². The van der Waals surface area contributed by atoms with Gasteiger partial charge in [-0.05, 0) is 57.9 Å². The minimum atomic E-state index is -0.221. The summed E-state index contributed by atoms with van der Waals surface area (Å²) in [5.41, 5.74) is 0.775. The molecular formula is C19H17BrN2O3. The molecule has 3 aliphatic rings. The molecule has 2 aliphatic carbocycles. The fraction of sp³-hybridized carbons (Fsp3) is 0.316. The van der Waals surface area contributed by atoms with Gasteiger partial charge in [-0.2, -0.15) is 10.1 Å². The number of carbonyl (C=O) groups excluding carboxylic acids is 2. The molecule has 1 heterocycles. The summed E-state index contributed by atoms with van der Waals surface area (Å²) in [6.07, 6.45) is 8.27. The van der Waals surface area contributed by atoms with Gasteiger partial charge in [0.1, 0.15) is 12.4 Å². The van der Waals surface area contributed by atoms with Crippen molar-refractivity contribution < 1.29 is 14.3 Å². The Labute approximate surface area is 154 Å². The standard InChI is InChI=1S/C19H17BrN2O3/c1-2-7-25-15-6-3-11(8-14(15)20)10-21-22-18(23)16-12-4-5-13(9-12)17(16)19(22)24/h2-6,8,10,12-13,16-17H,1,7,9H2/t12-,13-,16-,17+/m0/s1. The van der Waals surface area contributed by atoms with E-state index in [9.17, 15) is 9.59 Å². The van der Waals surface area contributed by atoms with E-state index >= 15 is 0 Å². The van der Waals surface area contributed by atoms with E-state index in [4.69, 9.17) is 4.74 Å². The third kappa shape index (κ3) is 2.65. The minimum Gasteiger partial charge on any atom is -0.488 e. The normalized spacial score (nSPS) is 29.7. The van der Waals surface area contributed by atoms with Crippen molar-refractivity contribution in [3.63, 3.8) is 0 Å². The van der Waals surface area contributed by atoms with Gasteiger partial charge in [0.2, 0.25) is 0 Å². The monoisotopic (exact) mass is 400 g/mol. The van der Waals surface area contributed by atoms with E-state index < -0.39 is 0 Å². The van der Waals surface area contributed by atoms with Gasteiger partial charge in [0.05, 0.1) is 22.5 Å². The largest absolute Gasteiger partial charge is 0.488 e. The van der Waals surface area contributed by atoms with Crippen molar-refractivity contribution in [2.75, 3.05) is 6.61 Å². The first-order valence-corrected chi connectivity index (χ1v) is 9.03. The predicted molar refractivity (Wildman–Crippen MR) is 97.0 cm³/mol. The van der Waals surface area contributed by atoms with Crippen LogP contribution in [-0.2, 0) is 9.59 Å². The number of imide groups is 1. The van der Waals surface area contributed by atoms with Crippen LogP contribution in [-0.4, -0.2) is 29.6 Å². The van der Waals surface area contributed by atoms with Gasteiger partial charge in [-0.15, -0.1) is 0 Å². The van der Waals surface area contributed by atoms with E-state index in [1.54, 1.807) is 12.1 Å². The SMILES string of the molecule is C=CCOc1ccc(C=NN2C(=O)[C@@H]3[C@H](C2=O)[C@H]2C=C[C@H]3C2)cc1Br. The van der Waals surface area contributed by atoms with Crippen LogP contribution in [0.25, 0.3) is 0 Å². The molecule has 2 fully saturated rings. The molecule has 0 N–H and O–H groups in total. The molecule has 5 nitrogen and oxygen atoms in total. The van der Waals surface area contributed by atoms with Crippen LogP contribution in [0.5, 0.6) is 5.75 Å². The summed E-state index contributed by atoms with van der Waals surface area (Å²) in [6.45, 7) is 4.03. The topological polar surface area (TPSA) is 59.0 Å². The van der Waals surface area contributed by atoms with Gasteiger partial charge in [-0.25, -0.2) is 0 Å². The first kappa shape index (κ1) is 16.3. The van der Waals surface area contributed by atoms with Gasteiger partial charge in [-0.3, -0.25) is 9.59 Å². The van der Waals surface area contributed by atoms with Crippen molar-refractivity contribution in [3.05, 3.63) is 53.0 Å². The molecule has 6 heteroatoms. The summed E-state index contributed by atoms with van der Waals surface area (Å²) in [5.74, 6) is 0.301. The maximum absolute atomic E-state index is 12.6. The summed E-state index contributed by atoms with van der Waals surface area (Å²) < 4.78 is 6.27. The van der Waals surface area contributed by atoms with Gasteiger partial charge in [0.15, 0.2) is 0 Å². The van der Waals surface area contributed by atoms with Crippen LogP contribution in [0.2, 0.25) is 0 Å². The number of nitrogens with zero attached hydrogens (tertiary/aromatic N) is 2. The molecule has 2 bridgehead atoms. The maximum Gasteiger partial charge on any atom is 0.254 e. The molecule has 0 radical (unpaired) electrons. The van der Waals surface area contributed by atoms with Crippen molar-refractivity contribution in [1.82, 2.24) is 5.01 Å². The molecule has 0 spiro atoms. The van der Waals surface area contributed by atoms with E-state index in [2.05, 4.69) is 39.8 Å². The van der Waals surface area contributed by atoms with Crippen LogP contribution >= 0.6 is 15.9 Å². The Balaban J connectivity index is 1.51. The van der Waals surface area contributed by atoms with Crippen molar-refractivity contribution in [2.45, 2.75) is 6.42 Å². The molecule has 0 aromatic heterocycles. The molecule has 1 aliphatic heterocycles. The fourth-order valence-corrected chi connectivity index (χ4v) is 4.50. The van der Waals surface area contributed by atoms with Gasteiger partial charge >= 0.3 is 0 Å². The van der Waals surface area contributed by atoms with Crippen LogP contribution in [0.15, 0.2) is 52.6 Å². The second-order valence-electron chi connectivity index (χ2n) is 6.52. The number of benzene rings is 1. The van der Waals surface area contributed by atoms with Crippen molar-refractivity contribution >= 4 is 34.0 Å². The van der Waals surface area contributed by atoms with Gasteiger partial charge in [-0.1, -0.05) is 24.8 Å². The summed E-state index contributed by atoms with van der Waals surface area (Å²) >= 11 is 3.44. The third-order valence-electron chi connectivity index (χ3n) is 5.08. The highest BCUT2D eigenvalue weighted by Crippen LogP contribution is 2.52. The zero-order chi connectivity index (χ0) is 17.6. The minimum absolute atomic E-state index is 0.173. The molecule has 1 aromatic rings. The molecule has 0 unspecified atom stereocenters. The lowest BCUT2D eigenvalue weighted by Gasteiger charge is -2.13. The number of ether oxygens (including phenoxy) is 1. The van der Waals surface area contributed by atoms with Crippen LogP contribution in [0.1, 0.15) is 12.0 Å². The second kappa shape index (κ2) is 6.26. The lowest BCUT2D eigenvalue weighted by atomic mass is 9.85. The number of hydrogen-bond acceptors (Lipinski definition) is 4. The van der Waals surface area contributed by atoms with E-state index in [1.807, 2.05) is 12.1 Å². The van der Waals surface area contributed by atoms with Crippen LogP contribution < -0.4 is 4.74 Å². The maximum atomic E-state index is 12.6. The number of hydrogen-bond donors (Lipinski definition) is 0. The molecule has 2 amide bonds. The number of hydrazone groups is 1.